The third kappa shape index (κ3) is 3.06. The molecule has 158 valence electrons. The van der Waals surface area contributed by atoms with Crippen LogP contribution < -0.4 is 4.74 Å². The van der Waals surface area contributed by atoms with Crippen LogP contribution in [0.5, 0.6) is 5.75 Å². The minimum absolute atomic E-state index is 0.0273. The first-order valence-corrected chi connectivity index (χ1v) is 12.4. The van der Waals surface area contributed by atoms with Crippen molar-refractivity contribution in [3.63, 3.8) is 0 Å². The molecule has 7 heteroatoms. The number of hydrogen-bond donors (Lipinski definition) is 1. The summed E-state index contributed by atoms with van der Waals surface area (Å²) in [7, 11) is 0. The van der Waals surface area contributed by atoms with E-state index in [0.29, 0.717) is 6.61 Å². The number of halogens is 2. The van der Waals surface area contributed by atoms with Crippen LogP contribution in [0, 0.1) is 17.4 Å². The van der Waals surface area contributed by atoms with Gasteiger partial charge in [0.15, 0.2) is 5.70 Å². The van der Waals surface area contributed by atoms with Crippen molar-refractivity contribution in [3.8, 4) is 5.75 Å². The van der Waals surface area contributed by atoms with E-state index in [9.17, 15) is 5.11 Å². The summed E-state index contributed by atoms with van der Waals surface area (Å²) in [4.78, 5) is 0. The van der Waals surface area contributed by atoms with E-state index in [4.69, 9.17) is 4.74 Å². The zero-order valence-electron chi connectivity index (χ0n) is 18.3. The molecular formula is C23H27BI2N2O2. The van der Waals surface area contributed by atoms with Crippen molar-refractivity contribution in [2.75, 3.05) is 6.61 Å². The Morgan fingerprint density at radius 2 is 1.77 bits per heavy atom. The number of nitrogens with zero attached hydrogens (tertiary/aromatic N) is 2. The van der Waals surface area contributed by atoms with Gasteiger partial charge in [-0.15, -0.1) is 13.6 Å². The lowest BCUT2D eigenvalue weighted by molar-refractivity contribution is -0.336. The molecule has 4 rings (SSSR count). The van der Waals surface area contributed by atoms with Crippen LogP contribution in [0.4, 0.5) is 0 Å². The summed E-state index contributed by atoms with van der Waals surface area (Å²) in [5, 5.41) is 9.71. The Bertz CT molecular complexity index is 1170. The molecule has 0 aliphatic carbocycles. The van der Waals surface area contributed by atoms with E-state index in [1.54, 1.807) is 0 Å². The summed E-state index contributed by atoms with van der Waals surface area (Å²) in [5.41, 5.74) is 9.86. The number of allylic oxidation sites excluding steroid dienone is 2. The number of aliphatic hydroxyl groups excluding tert-OH is 1. The molecule has 0 unspecified atom stereocenters. The highest BCUT2D eigenvalue weighted by Gasteiger charge is 2.47. The van der Waals surface area contributed by atoms with Crippen LogP contribution in [0.1, 0.15) is 36.4 Å². The number of aromatic nitrogens is 1. The molecule has 1 aromatic heterocycles. The average Bonchev–Trinajstić information content (AvgIpc) is 3.09. The van der Waals surface area contributed by atoms with Gasteiger partial charge in [0.2, 0.25) is 0 Å². The van der Waals surface area contributed by atoms with Gasteiger partial charge in [-0.3, -0.25) is 0 Å². The summed E-state index contributed by atoms with van der Waals surface area (Å²) in [6, 6.07) is 7.73. The molecular weight excluding hydrogens is 601 g/mol. The molecule has 0 atom stereocenters. The number of aliphatic hydroxyl groups is 1. The maximum absolute atomic E-state index is 9.71. The molecule has 0 spiro atoms. The first kappa shape index (κ1) is 22.1. The SMILES string of the molecule is CC1=C(I)C(C)=[N+]2C1=C(COc1ccccc1CO)c1c(C)c(I)c(C)n1[B-]2(C)C. The Labute approximate surface area is 206 Å². The number of hydrogen-bond acceptors (Lipinski definition) is 2. The van der Waals surface area contributed by atoms with E-state index in [-0.39, 0.29) is 6.61 Å². The molecule has 30 heavy (non-hydrogen) atoms. The fraction of sp³-hybridized carbons (Fsp3) is 0.348. The Kier molecular flexibility index (Phi) is 5.77. The molecule has 0 fully saturated rings. The summed E-state index contributed by atoms with van der Waals surface area (Å²) in [6.45, 7) is 14.0. The maximum Gasteiger partial charge on any atom is 0.373 e. The molecule has 1 aromatic carbocycles. The molecule has 3 heterocycles. The lowest BCUT2D eigenvalue weighted by atomic mass is 9.48. The van der Waals surface area contributed by atoms with E-state index < -0.39 is 6.42 Å². The van der Waals surface area contributed by atoms with Crippen molar-refractivity contribution in [2.45, 2.75) is 47.9 Å². The number of rotatable bonds is 4. The van der Waals surface area contributed by atoms with Crippen molar-refractivity contribution < 1.29 is 14.3 Å². The van der Waals surface area contributed by atoms with Crippen LogP contribution in [0.25, 0.3) is 5.57 Å². The molecule has 2 aromatic rings. The van der Waals surface area contributed by atoms with Gasteiger partial charge in [0.05, 0.1) is 15.8 Å². The molecule has 2 aliphatic rings. The Balaban J connectivity index is 1.96. The molecule has 0 saturated carbocycles. The Hall–Kier alpha value is -1.07. The highest BCUT2D eigenvalue weighted by Crippen LogP contribution is 2.44. The van der Waals surface area contributed by atoms with Gasteiger partial charge >= 0.3 is 6.42 Å². The lowest BCUT2D eigenvalue weighted by Gasteiger charge is -2.40. The summed E-state index contributed by atoms with van der Waals surface area (Å²) in [6.07, 6.45) is -1.02. The molecule has 0 saturated heterocycles. The predicted octanol–water partition coefficient (Wildman–Crippen LogP) is 5.75. The van der Waals surface area contributed by atoms with Gasteiger partial charge in [-0.25, -0.2) is 0 Å². The predicted molar refractivity (Wildman–Crippen MR) is 142 cm³/mol. The number of fused-ring (bicyclic) bond motifs is 2. The minimum Gasteiger partial charge on any atom is -0.488 e. The number of ether oxygens (including phenoxy) is 1. The second kappa shape index (κ2) is 7.81. The average molecular weight is 628 g/mol. The zero-order valence-corrected chi connectivity index (χ0v) is 22.6. The zero-order chi connectivity index (χ0) is 22.0. The monoisotopic (exact) mass is 628 g/mol. The molecule has 0 amide bonds. The topological polar surface area (TPSA) is 37.4 Å². The lowest BCUT2D eigenvalue weighted by Crippen LogP contribution is -2.53. The van der Waals surface area contributed by atoms with Gasteiger partial charge in [-0.05, 0) is 83.3 Å². The quantitative estimate of drug-likeness (QED) is 0.346. The maximum atomic E-state index is 9.71. The third-order valence-corrected chi connectivity index (χ3v) is 9.74. The second-order valence-corrected chi connectivity index (χ2v) is 10.9. The van der Waals surface area contributed by atoms with E-state index in [1.807, 2.05) is 24.3 Å². The van der Waals surface area contributed by atoms with Crippen LogP contribution in [-0.4, -0.2) is 32.8 Å². The van der Waals surface area contributed by atoms with Gasteiger partial charge in [-0.1, -0.05) is 18.2 Å². The number of benzene rings is 1. The van der Waals surface area contributed by atoms with Gasteiger partial charge in [0.1, 0.15) is 18.1 Å². The number of para-hydroxylation sites is 1. The normalized spacial score (nSPS) is 17.6. The van der Waals surface area contributed by atoms with E-state index in [1.165, 1.54) is 46.7 Å². The molecule has 1 N–H and O–H groups in total. The van der Waals surface area contributed by atoms with Crippen molar-refractivity contribution >= 4 is 62.9 Å². The highest BCUT2D eigenvalue weighted by atomic mass is 127. The van der Waals surface area contributed by atoms with E-state index in [0.717, 1.165) is 11.3 Å². The summed E-state index contributed by atoms with van der Waals surface area (Å²) in [5.74, 6) is 0.743. The molecule has 0 bridgehead atoms. The van der Waals surface area contributed by atoms with Gasteiger partial charge in [-0.2, -0.15) is 0 Å². The first-order chi connectivity index (χ1) is 14.1. The van der Waals surface area contributed by atoms with Crippen LogP contribution in [0.2, 0.25) is 13.6 Å². The fourth-order valence-corrected chi connectivity index (χ4v) is 6.30. The van der Waals surface area contributed by atoms with Gasteiger partial charge in [0.25, 0.3) is 0 Å². The molecule has 0 radical (unpaired) electrons. The van der Waals surface area contributed by atoms with Crippen molar-refractivity contribution in [3.05, 3.63) is 65.2 Å². The second-order valence-electron chi connectivity index (χ2n) is 8.74. The Morgan fingerprint density at radius 3 is 2.43 bits per heavy atom. The van der Waals surface area contributed by atoms with E-state index in [2.05, 4.69) is 95.5 Å². The first-order valence-electron chi connectivity index (χ1n) is 10.3. The largest absolute Gasteiger partial charge is 0.488 e. The van der Waals surface area contributed by atoms with Crippen molar-refractivity contribution in [1.29, 1.82) is 0 Å². The molecule has 4 nitrogen and oxygen atoms in total. The van der Waals surface area contributed by atoms with E-state index >= 15 is 0 Å². The minimum atomic E-state index is -1.02. The van der Waals surface area contributed by atoms with Crippen LogP contribution in [0.3, 0.4) is 0 Å². The summed E-state index contributed by atoms with van der Waals surface area (Å²) >= 11 is 4.96. The molecule has 2 aliphatic heterocycles. The smallest absolute Gasteiger partial charge is 0.373 e. The highest BCUT2D eigenvalue weighted by molar-refractivity contribution is 14.1. The van der Waals surface area contributed by atoms with Crippen LogP contribution in [0.15, 0.2) is 39.1 Å². The third-order valence-electron chi connectivity index (χ3n) is 6.56. The van der Waals surface area contributed by atoms with Crippen LogP contribution in [-0.2, 0) is 6.61 Å². The van der Waals surface area contributed by atoms with Gasteiger partial charge in [0, 0.05) is 27.3 Å². The van der Waals surface area contributed by atoms with Gasteiger partial charge < -0.3 is 18.8 Å². The van der Waals surface area contributed by atoms with Crippen LogP contribution >= 0.6 is 45.2 Å². The van der Waals surface area contributed by atoms with Crippen molar-refractivity contribution in [2.24, 2.45) is 0 Å². The summed E-state index contributed by atoms with van der Waals surface area (Å²) < 4.78 is 14.0. The fourth-order valence-electron chi connectivity index (χ4n) is 5.27. The standard InChI is InChI=1S/C23H27BI2N2O2/c1-13-20(25)15(3)27-22(13)18(12-30-19-10-8-7-9-17(19)11-29)23-14(2)21(26)16(4)28(23)24(27,5)6/h7-10,29H,11-12H2,1-6H3. The van der Waals surface area contributed by atoms with Crippen molar-refractivity contribution in [1.82, 2.24) is 4.48 Å². The Morgan fingerprint density at radius 1 is 1.10 bits per heavy atom.